The monoisotopic (exact) mass is 263 g/mol. The molecular formula is C12H25NO3S. The molecule has 1 aliphatic carbocycles. The molecule has 0 bridgehead atoms. The van der Waals surface area contributed by atoms with Gasteiger partial charge in [-0.3, -0.25) is 0 Å². The lowest BCUT2D eigenvalue weighted by atomic mass is 9.80. The molecule has 0 aromatic carbocycles. The molecule has 4 nitrogen and oxygen atoms in total. The fourth-order valence-corrected chi connectivity index (χ4v) is 3.43. The van der Waals surface area contributed by atoms with E-state index in [-0.39, 0.29) is 12.3 Å². The van der Waals surface area contributed by atoms with E-state index in [9.17, 15) is 13.5 Å². The molecule has 0 radical (unpaired) electrons. The van der Waals surface area contributed by atoms with Gasteiger partial charge in [-0.15, -0.1) is 0 Å². The van der Waals surface area contributed by atoms with Gasteiger partial charge in [0, 0.05) is 6.54 Å². The highest BCUT2D eigenvalue weighted by Gasteiger charge is 2.32. The van der Waals surface area contributed by atoms with Crippen molar-refractivity contribution >= 4 is 10.0 Å². The lowest BCUT2D eigenvalue weighted by Gasteiger charge is -2.34. The van der Waals surface area contributed by atoms with E-state index in [0.717, 1.165) is 19.3 Å². The average Bonchev–Trinajstić information content (AvgIpc) is 2.29. The van der Waals surface area contributed by atoms with Gasteiger partial charge in [0.25, 0.3) is 0 Å². The van der Waals surface area contributed by atoms with Crippen LogP contribution in [0.3, 0.4) is 0 Å². The lowest BCUT2D eigenvalue weighted by Crippen LogP contribution is -2.45. The fraction of sp³-hybridized carbons (Fsp3) is 1.00. The van der Waals surface area contributed by atoms with Gasteiger partial charge in [0.05, 0.1) is 11.4 Å². The summed E-state index contributed by atoms with van der Waals surface area (Å²) in [5.41, 5.74) is -0.828. The summed E-state index contributed by atoms with van der Waals surface area (Å²) in [6.07, 6.45) is 4.89. The Morgan fingerprint density at radius 2 is 1.94 bits per heavy atom. The number of hydrogen-bond acceptors (Lipinski definition) is 3. The van der Waals surface area contributed by atoms with Crippen LogP contribution in [0.5, 0.6) is 0 Å². The second kappa shape index (κ2) is 6.16. The summed E-state index contributed by atoms with van der Waals surface area (Å²) in [5.74, 6) is 0.808. The minimum absolute atomic E-state index is 0.163. The fourth-order valence-electron chi connectivity index (χ4n) is 2.13. The zero-order chi connectivity index (χ0) is 12.9. The summed E-state index contributed by atoms with van der Waals surface area (Å²) < 4.78 is 25.8. The van der Waals surface area contributed by atoms with E-state index in [1.165, 1.54) is 0 Å². The van der Waals surface area contributed by atoms with E-state index in [4.69, 9.17) is 0 Å². The summed E-state index contributed by atoms with van der Waals surface area (Å²) >= 11 is 0. The molecule has 0 aromatic heterocycles. The number of unbranched alkanes of at least 4 members (excludes halogenated alkanes) is 1. The molecule has 1 rings (SSSR count). The maximum absolute atomic E-state index is 11.6. The van der Waals surface area contributed by atoms with Gasteiger partial charge in [-0.25, -0.2) is 13.1 Å². The molecule has 0 atom stereocenters. The molecule has 0 aliphatic heterocycles. The third-order valence-corrected chi connectivity index (χ3v) is 5.00. The van der Waals surface area contributed by atoms with Gasteiger partial charge in [0.15, 0.2) is 0 Å². The highest BCUT2D eigenvalue weighted by atomic mass is 32.2. The lowest BCUT2D eigenvalue weighted by molar-refractivity contribution is -0.00182. The first kappa shape index (κ1) is 14.9. The van der Waals surface area contributed by atoms with Crippen LogP contribution in [0.2, 0.25) is 0 Å². The highest BCUT2D eigenvalue weighted by Crippen LogP contribution is 2.31. The molecule has 0 aromatic rings. The zero-order valence-electron chi connectivity index (χ0n) is 10.9. The smallest absolute Gasteiger partial charge is 0.211 e. The van der Waals surface area contributed by atoms with Crippen LogP contribution >= 0.6 is 0 Å². The Bertz CT molecular complexity index is 319. The molecule has 2 N–H and O–H groups in total. The Kier molecular flexibility index (Phi) is 5.41. The molecule has 1 saturated carbocycles. The van der Waals surface area contributed by atoms with Crippen molar-refractivity contribution in [3.8, 4) is 0 Å². The van der Waals surface area contributed by atoms with Gasteiger partial charge in [0.2, 0.25) is 10.0 Å². The van der Waals surface area contributed by atoms with Crippen molar-refractivity contribution in [2.75, 3.05) is 12.3 Å². The summed E-state index contributed by atoms with van der Waals surface area (Å²) in [6, 6.07) is 0. The van der Waals surface area contributed by atoms with Crippen molar-refractivity contribution in [2.24, 2.45) is 5.92 Å². The van der Waals surface area contributed by atoms with E-state index < -0.39 is 15.6 Å². The molecule has 0 unspecified atom stereocenters. The van der Waals surface area contributed by atoms with Crippen LogP contribution in [0, 0.1) is 5.92 Å². The third kappa shape index (κ3) is 5.36. The Morgan fingerprint density at radius 3 is 2.47 bits per heavy atom. The molecule has 5 heteroatoms. The number of nitrogens with one attached hydrogen (secondary N) is 1. The van der Waals surface area contributed by atoms with Gasteiger partial charge < -0.3 is 5.11 Å². The summed E-state index contributed by atoms with van der Waals surface area (Å²) in [6.45, 7) is 4.31. The van der Waals surface area contributed by atoms with Gasteiger partial charge >= 0.3 is 0 Å². The molecule has 0 amide bonds. The first-order valence-electron chi connectivity index (χ1n) is 6.56. The van der Waals surface area contributed by atoms with E-state index >= 15 is 0 Å². The highest BCUT2D eigenvalue weighted by molar-refractivity contribution is 7.89. The van der Waals surface area contributed by atoms with Gasteiger partial charge in [0.1, 0.15) is 0 Å². The van der Waals surface area contributed by atoms with Gasteiger partial charge in [-0.2, -0.15) is 0 Å². The summed E-state index contributed by atoms with van der Waals surface area (Å²) in [4.78, 5) is 0. The van der Waals surface area contributed by atoms with E-state index in [0.29, 0.717) is 25.2 Å². The maximum Gasteiger partial charge on any atom is 0.211 e. The van der Waals surface area contributed by atoms with Crippen LogP contribution in [-0.2, 0) is 10.0 Å². The van der Waals surface area contributed by atoms with Crippen LogP contribution < -0.4 is 4.72 Å². The first-order chi connectivity index (χ1) is 7.87. The Labute approximate surface area is 105 Å². The van der Waals surface area contributed by atoms with Crippen LogP contribution in [0.25, 0.3) is 0 Å². The normalized spacial score (nSPS) is 30.4. The van der Waals surface area contributed by atoms with E-state index in [1.54, 1.807) is 0 Å². The molecule has 0 saturated heterocycles. The van der Waals surface area contributed by atoms with Crippen LogP contribution in [-0.4, -0.2) is 31.4 Å². The zero-order valence-corrected chi connectivity index (χ0v) is 11.7. The minimum atomic E-state index is -3.20. The van der Waals surface area contributed by atoms with Crippen LogP contribution in [0.1, 0.15) is 52.4 Å². The van der Waals surface area contributed by atoms with Crippen molar-refractivity contribution < 1.29 is 13.5 Å². The minimum Gasteiger partial charge on any atom is -0.389 e. The maximum atomic E-state index is 11.6. The molecular weight excluding hydrogens is 238 g/mol. The third-order valence-electron chi connectivity index (χ3n) is 3.59. The molecule has 17 heavy (non-hydrogen) atoms. The number of sulfonamides is 1. The molecule has 0 spiro atoms. The van der Waals surface area contributed by atoms with E-state index in [2.05, 4.69) is 11.6 Å². The van der Waals surface area contributed by atoms with Gasteiger partial charge in [-0.05, 0) is 38.0 Å². The standard InChI is InChI=1S/C12H25NO3S/c1-3-4-9-17(15,16)13-10-12(14)7-5-11(2)6-8-12/h11,13-14H,3-10H2,1-2H3. The van der Waals surface area contributed by atoms with E-state index in [1.807, 2.05) is 6.92 Å². The number of aliphatic hydroxyl groups is 1. The van der Waals surface area contributed by atoms with Crippen molar-refractivity contribution in [3.63, 3.8) is 0 Å². The van der Waals surface area contributed by atoms with Crippen molar-refractivity contribution in [2.45, 2.75) is 58.0 Å². The quantitative estimate of drug-likeness (QED) is 0.765. The second-order valence-corrected chi connectivity index (χ2v) is 7.33. The Hall–Kier alpha value is -0.130. The second-order valence-electron chi connectivity index (χ2n) is 5.40. The molecule has 1 aliphatic rings. The molecule has 0 heterocycles. The predicted octanol–water partition coefficient (Wildman–Crippen LogP) is 1.65. The largest absolute Gasteiger partial charge is 0.389 e. The van der Waals surface area contributed by atoms with Crippen LogP contribution in [0.4, 0.5) is 0 Å². The van der Waals surface area contributed by atoms with Gasteiger partial charge in [-0.1, -0.05) is 20.3 Å². The van der Waals surface area contributed by atoms with Crippen molar-refractivity contribution in [1.29, 1.82) is 0 Å². The first-order valence-corrected chi connectivity index (χ1v) is 8.22. The summed E-state index contributed by atoms with van der Waals surface area (Å²) in [7, 11) is -3.20. The van der Waals surface area contributed by atoms with Crippen molar-refractivity contribution in [1.82, 2.24) is 4.72 Å². The molecule has 1 fully saturated rings. The summed E-state index contributed by atoms with van der Waals surface area (Å²) in [5, 5.41) is 10.3. The average molecular weight is 263 g/mol. The Morgan fingerprint density at radius 1 is 1.35 bits per heavy atom. The predicted molar refractivity (Wildman–Crippen MR) is 69.3 cm³/mol. The molecule has 102 valence electrons. The van der Waals surface area contributed by atoms with Crippen LogP contribution in [0.15, 0.2) is 0 Å². The SMILES string of the molecule is CCCCS(=O)(=O)NCC1(O)CCC(C)CC1. The Balaban J connectivity index is 2.39. The topological polar surface area (TPSA) is 66.4 Å². The number of rotatable bonds is 6. The number of hydrogen-bond donors (Lipinski definition) is 2. The van der Waals surface area contributed by atoms with Crippen molar-refractivity contribution in [3.05, 3.63) is 0 Å².